The smallest absolute Gasteiger partial charge is 0.295 e. The third-order valence-corrected chi connectivity index (χ3v) is 4.29. The normalized spacial score (nSPS) is 18.4. The zero-order chi connectivity index (χ0) is 15.2. The van der Waals surface area contributed by atoms with Crippen LogP contribution in [0.2, 0.25) is 0 Å². The number of nitrogens with zero attached hydrogens (tertiary/aromatic N) is 3. The summed E-state index contributed by atoms with van der Waals surface area (Å²) in [4.78, 5) is 18.6. The Morgan fingerprint density at radius 3 is 2.76 bits per heavy atom. The maximum atomic E-state index is 12.5. The number of carbonyl (C=O) groups excluding carboxylic acids is 1. The number of amides is 1. The Kier molecular flexibility index (Phi) is 5.73. The van der Waals surface area contributed by atoms with Crippen molar-refractivity contribution in [3.63, 3.8) is 0 Å². The van der Waals surface area contributed by atoms with Gasteiger partial charge in [0.15, 0.2) is 0 Å². The minimum absolute atomic E-state index is 0.105. The van der Waals surface area contributed by atoms with Gasteiger partial charge in [0.2, 0.25) is 5.89 Å². The van der Waals surface area contributed by atoms with Crippen LogP contribution in [0.4, 0.5) is 0 Å². The van der Waals surface area contributed by atoms with Crippen LogP contribution in [0.5, 0.6) is 0 Å². The molecule has 21 heavy (non-hydrogen) atoms. The second kappa shape index (κ2) is 7.54. The zero-order valence-electron chi connectivity index (χ0n) is 13.3. The lowest BCUT2D eigenvalue weighted by Gasteiger charge is -2.24. The van der Waals surface area contributed by atoms with Crippen molar-refractivity contribution in [2.75, 3.05) is 19.6 Å². The van der Waals surface area contributed by atoms with Gasteiger partial charge in [-0.1, -0.05) is 31.8 Å². The van der Waals surface area contributed by atoms with E-state index in [-0.39, 0.29) is 17.8 Å². The molecule has 1 aliphatic heterocycles. The van der Waals surface area contributed by atoms with Gasteiger partial charge in [-0.25, -0.2) is 0 Å². The van der Waals surface area contributed by atoms with Crippen LogP contribution in [0.1, 0.15) is 69.0 Å². The first-order valence-electron chi connectivity index (χ1n) is 8.05. The molecule has 6 heteroatoms. The predicted octanol–water partition coefficient (Wildman–Crippen LogP) is 2.39. The molecule has 1 unspecified atom stereocenters. The SMILES string of the molecule is CCC(CC)CN(CC)C(=O)c1noc(C2CCCN2)n1. The van der Waals surface area contributed by atoms with Crippen molar-refractivity contribution in [3.8, 4) is 0 Å². The number of rotatable bonds is 7. The monoisotopic (exact) mass is 294 g/mol. The van der Waals surface area contributed by atoms with Crippen LogP contribution in [-0.2, 0) is 0 Å². The fourth-order valence-electron chi connectivity index (χ4n) is 2.71. The molecule has 0 saturated carbocycles. The van der Waals surface area contributed by atoms with Gasteiger partial charge in [-0.15, -0.1) is 0 Å². The lowest BCUT2D eigenvalue weighted by Crippen LogP contribution is -2.35. The molecule has 2 heterocycles. The third kappa shape index (κ3) is 3.81. The van der Waals surface area contributed by atoms with E-state index in [0.717, 1.165) is 38.8 Å². The summed E-state index contributed by atoms with van der Waals surface area (Å²) in [6.07, 6.45) is 4.24. The van der Waals surface area contributed by atoms with Crippen molar-refractivity contribution in [3.05, 3.63) is 11.7 Å². The second-order valence-corrected chi connectivity index (χ2v) is 5.63. The second-order valence-electron chi connectivity index (χ2n) is 5.63. The average Bonchev–Trinajstić information content (AvgIpc) is 3.19. The first kappa shape index (κ1) is 15.9. The molecular formula is C15H26N4O2. The number of aromatic nitrogens is 2. The Morgan fingerprint density at radius 2 is 2.19 bits per heavy atom. The van der Waals surface area contributed by atoms with Gasteiger partial charge in [-0.3, -0.25) is 4.79 Å². The lowest BCUT2D eigenvalue weighted by molar-refractivity contribution is 0.0719. The molecule has 0 aliphatic carbocycles. The number of nitrogens with one attached hydrogen (secondary N) is 1. The standard InChI is InChI=1S/C15H26N4O2/c1-4-11(5-2)10-19(6-3)15(20)13-17-14(21-18-13)12-8-7-9-16-12/h11-12,16H,4-10H2,1-3H3. The highest BCUT2D eigenvalue weighted by Crippen LogP contribution is 2.21. The summed E-state index contributed by atoms with van der Waals surface area (Å²) in [7, 11) is 0. The Labute approximate surface area is 126 Å². The summed E-state index contributed by atoms with van der Waals surface area (Å²) in [5.74, 6) is 1.12. The fraction of sp³-hybridized carbons (Fsp3) is 0.800. The summed E-state index contributed by atoms with van der Waals surface area (Å²) in [6, 6.07) is 0.105. The molecule has 1 amide bonds. The molecule has 1 saturated heterocycles. The lowest BCUT2D eigenvalue weighted by atomic mass is 10.0. The highest BCUT2D eigenvalue weighted by atomic mass is 16.5. The molecule has 1 aromatic heterocycles. The summed E-state index contributed by atoms with van der Waals surface area (Å²) in [6.45, 7) is 8.69. The van der Waals surface area contributed by atoms with Gasteiger partial charge < -0.3 is 14.7 Å². The summed E-state index contributed by atoms with van der Waals surface area (Å²) in [5.41, 5.74) is 0. The zero-order valence-corrected chi connectivity index (χ0v) is 13.3. The van der Waals surface area contributed by atoms with Gasteiger partial charge in [0, 0.05) is 13.1 Å². The van der Waals surface area contributed by atoms with Crippen LogP contribution in [0.3, 0.4) is 0 Å². The molecule has 1 aliphatic rings. The molecule has 0 bridgehead atoms. The van der Waals surface area contributed by atoms with Crippen LogP contribution in [0.25, 0.3) is 0 Å². The van der Waals surface area contributed by atoms with E-state index in [9.17, 15) is 4.79 Å². The topological polar surface area (TPSA) is 71.3 Å². The van der Waals surface area contributed by atoms with E-state index in [2.05, 4.69) is 29.3 Å². The summed E-state index contributed by atoms with van der Waals surface area (Å²) in [5, 5.41) is 7.17. The average molecular weight is 294 g/mol. The highest BCUT2D eigenvalue weighted by Gasteiger charge is 2.26. The Hall–Kier alpha value is -1.43. The third-order valence-electron chi connectivity index (χ3n) is 4.29. The van der Waals surface area contributed by atoms with Gasteiger partial charge in [0.1, 0.15) is 0 Å². The largest absolute Gasteiger partial charge is 0.337 e. The van der Waals surface area contributed by atoms with E-state index < -0.39 is 0 Å². The molecule has 0 radical (unpaired) electrons. The van der Waals surface area contributed by atoms with Crippen LogP contribution in [-0.4, -0.2) is 40.6 Å². The van der Waals surface area contributed by atoms with Gasteiger partial charge in [0.25, 0.3) is 11.7 Å². The van der Waals surface area contributed by atoms with E-state index >= 15 is 0 Å². The molecular weight excluding hydrogens is 268 g/mol. The maximum Gasteiger partial charge on any atom is 0.295 e. The van der Waals surface area contributed by atoms with Gasteiger partial charge in [0.05, 0.1) is 6.04 Å². The van der Waals surface area contributed by atoms with E-state index in [4.69, 9.17) is 4.52 Å². The van der Waals surface area contributed by atoms with Crippen molar-refractivity contribution in [2.24, 2.45) is 5.92 Å². The Morgan fingerprint density at radius 1 is 1.43 bits per heavy atom. The van der Waals surface area contributed by atoms with Crippen molar-refractivity contribution in [1.82, 2.24) is 20.4 Å². The molecule has 1 fully saturated rings. The Balaban J connectivity index is 2.03. The molecule has 1 aromatic rings. The highest BCUT2D eigenvalue weighted by molar-refractivity contribution is 5.90. The minimum atomic E-state index is -0.127. The van der Waals surface area contributed by atoms with Crippen molar-refractivity contribution in [2.45, 2.75) is 52.5 Å². The van der Waals surface area contributed by atoms with E-state index in [1.54, 1.807) is 0 Å². The molecule has 6 nitrogen and oxygen atoms in total. The molecule has 0 aromatic carbocycles. The van der Waals surface area contributed by atoms with Crippen molar-refractivity contribution < 1.29 is 9.32 Å². The molecule has 1 atom stereocenters. The maximum absolute atomic E-state index is 12.5. The fourth-order valence-corrected chi connectivity index (χ4v) is 2.71. The molecule has 1 N–H and O–H groups in total. The number of hydrogen-bond donors (Lipinski definition) is 1. The van der Waals surface area contributed by atoms with Crippen LogP contribution in [0, 0.1) is 5.92 Å². The first-order valence-corrected chi connectivity index (χ1v) is 8.05. The molecule has 118 valence electrons. The van der Waals surface area contributed by atoms with Crippen LogP contribution in [0.15, 0.2) is 4.52 Å². The predicted molar refractivity (Wildman–Crippen MR) is 79.9 cm³/mol. The van der Waals surface area contributed by atoms with E-state index in [1.807, 2.05) is 11.8 Å². The quantitative estimate of drug-likeness (QED) is 0.836. The van der Waals surface area contributed by atoms with Gasteiger partial charge >= 0.3 is 0 Å². The first-order chi connectivity index (χ1) is 10.2. The van der Waals surface area contributed by atoms with E-state index in [1.165, 1.54) is 0 Å². The van der Waals surface area contributed by atoms with E-state index in [0.29, 0.717) is 18.4 Å². The molecule has 2 rings (SSSR count). The Bertz CT molecular complexity index is 450. The molecule has 0 spiro atoms. The van der Waals surface area contributed by atoms with Gasteiger partial charge in [-0.05, 0) is 32.2 Å². The van der Waals surface area contributed by atoms with Crippen LogP contribution >= 0.6 is 0 Å². The number of carbonyl (C=O) groups is 1. The van der Waals surface area contributed by atoms with Crippen LogP contribution < -0.4 is 5.32 Å². The van der Waals surface area contributed by atoms with Crippen molar-refractivity contribution in [1.29, 1.82) is 0 Å². The minimum Gasteiger partial charge on any atom is -0.337 e. The summed E-state index contributed by atoms with van der Waals surface area (Å²) < 4.78 is 5.25. The van der Waals surface area contributed by atoms with Gasteiger partial charge in [-0.2, -0.15) is 4.98 Å². The van der Waals surface area contributed by atoms with Crippen molar-refractivity contribution >= 4 is 5.91 Å². The number of hydrogen-bond acceptors (Lipinski definition) is 5. The summed E-state index contributed by atoms with van der Waals surface area (Å²) >= 11 is 0.